The number of hydrogen-bond donors (Lipinski definition) is 1. The molecule has 27 heavy (non-hydrogen) atoms. The van der Waals surface area contributed by atoms with Gasteiger partial charge in [-0.15, -0.1) is 0 Å². The minimum absolute atomic E-state index is 0.177. The van der Waals surface area contributed by atoms with Crippen molar-refractivity contribution in [2.45, 2.75) is 44.4 Å². The van der Waals surface area contributed by atoms with Gasteiger partial charge in [-0.1, -0.05) is 24.3 Å². The Labute approximate surface area is 157 Å². The Bertz CT molecular complexity index is 762. The largest absolute Gasteiger partial charge is 0.478 e. The maximum Gasteiger partial charge on any atom is 0.387 e. The number of likely N-dealkylation sites (tertiary alicyclic amines) is 1. The van der Waals surface area contributed by atoms with Gasteiger partial charge in [0.05, 0.1) is 5.56 Å². The molecule has 0 amide bonds. The predicted molar refractivity (Wildman–Crippen MR) is 98.5 cm³/mol. The van der Waals surface area contributed by atoms with E-state index in [-0.39, 0.29) is 5.75 Å². The number of carboxylic acid groups (broad SMARTS) is 1. The summed E-state index contributed by atoms with van der Waals surface area (Å²) < 4.78 is 28.8. The molecule has 0 radical (unpaired) electrons. The van der Waals surface area contributed by atoms with E-state index in [4.69, 9.17) is 5.11 Å². The lowest BCUT2D eigenvalue weighted by Gasteiger charge is -2.26. The Morgan fingerprint density at radius 3 is 1.96 bits per heavy atom. The molecule has 0 bridgehead atoms. The SMILES string of the molecule is CN1[C@@H](Cc2ccc(OC(F)F)cc2)CC[C@H]1Cc1ccc(C(=O)O)cc1. The Hall–Kier alpha value is -2.47. The molecule has 2 atom stereocenters. The normalized spacial score (nSPS) is 20.1. The van der Waals surface area contributed by atoms with E-state index in [1.807, 2.05) is 24.3 Å². The molecule has 0 spiro atoms. The van der Waals surface area contributed by atoms with Gasteiger partial charge in [0.2, 0.25) is 0 Å². The molecule has 2 aromatic carbocycles. The van der Waals surface area contributed by atoms with Crippen molar-refractivity contribution in [1.29, 1.82) is 0 Å². The highest BCUT2D eigenvalue weighted by Gasteiger charge is 2.30. The van der Waals surface area contributed by atoms with Gasteiger partial charge in [-0.25, -0.2) is 4.79 Å². The molecule has 4 nitrogen and oxygen atoms in total. The fraction of sp³-hybridized carbons (Fsp3) is 0.381. The molecule has 1 heterocycles. The van der Waals surface area contributed by atoms with E-state index in [0.29, 0.717) is 17.6 Å². The zero-order valence-corrected chi connectivity index (χ0v) is 15.1. The molecule has 0 saturated carbocycles. The summed E-state index contributed by atoms with van der Waals surface area (Å²) in [4.78, 5) is 13.3. The molecule has 1 aliphatic heterocycles. The number of rotatable bonds is 7. The molecule has 0 aliphatic carbocycles. The summed E-state index contributed by atoms with van der Waals surface area (Å²) in [6, 6.07) is 14.7. The lowest BCUT2D eigenvalue weighted by molar-refractivity contribution is -0.0498. The highest BCUT2D eigenvalue weighted by Crippen LogP contribution is 2.28. The topological polar surface area (TPSA) is 49.8 Å². The van der Waals surface area contributed by atoms with Crippen molar-refractivity contribution in [3.8, 4) is 5.75 Å². The average molecular weight is 375 g/mol. The van der Waals surface area contributed by atoms with Crippen molar-refractivity contribution in [3.63, 3.8) is 0 Å². The van der Waals surface area contributed by atoms with Crippen molar-refractivity contribution >= 4 is 5.97 Å². The van der Waals surface area contributed by atoms with Gasteiger partial charge in [-0.3, -0.25) is 4.90 Å². The smallest absolute Gasteiger partial charge is 0.387 e. The number of aromatic carboxylic acids is 1. The van der Waals surface area contributed by atoms with Crippen LogP contribution in [0.4, 0.5) is 8.78 Å². The highest BCUT2D eigenvalue weighted by atomic mass is 19.3. The van der Waals surface area contributed by atoms with E-state index in [2.05, 4.69) is 16.7 Å². The number of nitrogens with zero attached hydrogens (tertiary/aromatic N) is 1. The van der Waals surface area contributed by atoms with E-state index >= 15 is 0 Å². The first-order valence-corrected chi connectivity index (χ1v) is 9.00. The molecule has 3 rings (SSSR count). The van der Waals surface area contributed by atoms with Gasteiger partial charge < -0.3 is 9.84 Å². The molecule has 6 heteroatoms. The van der Waals surface area contributed by atoms with Crippen LogP contribution in [0, 0.1) is 0 Å². The van der Waals surface area contributed by atoms with Crippen LogP contribution >= 0.6 is 0 Å². The molecule has 1 N–H and O–H groups in total. The maximum atomic E-state index is 12.2. The Morgan fingerprint density at radius 2 is 1.52 bits per heavy atom. The van der Waals surface area contributed by atoms with Gasteiger partial charge in [-0.05, 0) is 68.1 Å². The molecular formula is C21H23F2NO3. The summed E-state index contributed by atoms with van der Waals surface area (Å²) in [5, 5.41) is 8.98. The summed E-state index contributed by atoms with van der Waals surface area (Å²) in [5.74, 6) is -0.735. The number of alkyl halides is 2. The quantitative estimate of drug-likeness (QED) is 0.787. The van der Waals surface area contributed by atoms with Gasteiger partial charge in [0.1, 0.15) is 5.75 Å². The van der Waals surface area contributed by atoms with Crippen LogP contribution in [0.25, 0.3) is 0 Å². The minimum atomic E-state index is -2.80. The predicted octanol–water partition coefficient (Wildman–Crippen LogP) is 4.23. The summed E-state index contributed by atoms with van der Waals surface area (Å²) in [5.41, 5.74) is 2.53. The number of carbonyl (C=O) groups is 1. The van der Waals surface area contributed by atoms with Gasteiger partial charge >= 0.3 is 12.6 Å². The Morgan fingerprint density at radius 1 is 1.04 bits per heavy atom. The van der Waals surface area contributed by atoms with Crippen LogP contribution in [0.1, 0.15) is 34.3 Å². The van der Waals surface area contributed by atoms with E-state index in [9.17, 15) is 13.6 Å². The molecule has 1 saturated heterocycles. The van der Waals surface area contributed by atoms with E-state index in [1.165, 1.54) is 0 Å². The third-order valence-corrected chi connectivity index (χ3v) is 5.28. The molecular weight excluding hydrogens is 352 g/mol. The van der Waals surface area contributed by atoms with Crippen LogP contribution < -0.4 is 4.74 Å². The monoisotopic (exact) mass is 375 g/mol. The van der Waals surface area contributed by atoms with Gasteiger partial charge in [0.25, 0.3) is 0 Å². The van der Waals surface area contributed by atoms with Crippen molar-refractivity contribution in [3.05, 3.63) is 65.2 Å². The summed E-state index contributed by atoms with van der Waals surface area (Å²) >= 11 is 0. The van der Waals surface area contributed by atoms with Crippen LogP contribution in [0.15, 0.2) is 48.5 Å². The van der Waals surface area contributed by atoms with Crippen molar-refractivity contribution < 1.29 is 23.4 Å². The number of benzene rings is 2. The molecule has 1 fully saturated rings. The van der Waals surface area contributed by atoms with Crippen molar-refractivity contribution in [1.82, 2.24) is 4.90 Å². The Kier molecular flexibility index (Phi) is 6.06. The van der Waals surface area contributed by atoms with Gasteiger partial charge in [0, 0.05) is 12.1 Å². The van der Waals surface area contributed by atoms with Crippen LogP contribution in [-0.4, -0.2) is 41.7 Å². The third-order valence-electron chi connectivity index (χ3n) is 5.28. The lowest BCUT2D eigenvalue weighted by Crippen LogP contribution is -2.34. The van der Waals surface area contributed by atoms with Crippen LogP contribution in [0.5, 0.6) is 5.75 Å². The molecule has 1 aliphatic rings. The summed E-state index contributed by atoms with van der Waals surface area (Å²) in [6.07, 6.45) is 3.89. The molecule has 2 aromatic rings. The number of carboxylic acids is 1. The summed E-state index contributed by atoms with van der Waals surface area (Å²) in [7, 11) is 2.11. The van der Waals surface area contributed by atoms with Crippen LogP contribution in [0.2, 0.25) is 0 Å². The van der Waals surface area contributed by atoms with Gasteiger partial charge in [-0.2, -0.15) is 8.78 Å². The van der Waals surface area contributed by atoms with Crippen LogP contribution in [-0.2, 0) is 12.8 Å². The molecule has 144 valence electrons. The third kappa shape index (κ3) is 5.04. The zero-order chi connectivity index (χ0) is 19.4. The number of likely N-dealkylation sites (N-methyl/N-ethyl adjacent to an activating group) is 1. The fourth-order valence-corrected chi connectivity index (χ4v) is 3.72. The first kappa shape index (κ1) is 19.3. The van der Waals surface area contributed by atoms with Gasteiger partial charge in [0.15, 0.2) is 0 Å². The van der Waals surface area contributed by atoms with E-state index in [1.54, 1.807) is 24.3 Å². The zero-order valence-electron chi connectivity index (χ0n) is 15.1. The van der Waals surface area contributed by atoms with Crippen molar-refractivity contribution in [2.75, 3.05) is 7.05 Å². The van der Waals surface area contributed by atoms with Crippen LogP contribution in [0.3, 0.4) is 0 Å². The highest BCUT2D eigenvalue weighted by molar-refractivity contribution is 5.87. The first-order chi connectivity index (χ1) is 12.9. The average Bonchev–Trinajstić information content (AvgIpc) is 2.97. The second-order valence-corrected chi connectivity index (χ2v) is 6.98. The number of halogens is 2. The number of ether oxygens (including phenoxy) is 1. The molecule has 0 aromatic heterocycles. The minimum Gasteiger partial charge on any atom is -0.478 e. The Balaban J connectivity index is 1.56. The van der Waals surface area contributed by atoms with E-state index in [0.717, 1.165) is 36.8 Å². The second kappa shape index (κ2) is 8.48. The maximum absolute atomic E-state index is 12.2. The molecule has 0 unspecified atom stereocenters. The number of hydrogen-bond acceptors (Lipinski definition) is 3. The summed E-state index contributed by atoms with van der Waals surface area (Å²) in [6.45, 7) is -2.80. The van der Waals surface area contributed by atoms with E-state index < -0.39 is 12.6 Å². The second-order valence-electron chi connectivity index (χ2n) is 6.98. The first-order valence-electron chi connectivity index (χ1n) is 9.00. The standard InChI is InChI=1S/C21H23F2NO3/c1-24-17(12-14-2-6-16(7-3-14)20(25)26)8-9-18(24)13-15-4-10-19(11-5-15)27-21(22)23/h2-7,10-11,17-18,21H,8-9,12-13H2,1H3,(H,25,26)/t17-,18+/m0/s1. The lowest BCUT2D eigenvalue weighted by atomic mass is 10.0. The van der Waals surface area contributed by atoms with Crippen molar-refractivity contribution in [2.24, 2.45) is 0 Å². The fourth-order valence-electron chi connectivity index (χ4n) is 3.72.